The Kier molecular flexibility index (Phi) is 4.75. The highest BCUT2D eigenvalue weighted by molar-refractivity contribution is 6.29. The van der Waals surface area contributed by atoms with Gasteiger partial charge in [-0.25, -0.2) is 4.98 Å². The van der Waals surface area contributed by atoms with Crippen molar-refractivity contribution < 1.29 is 13.2 Å². The third-order valence-electron chi connectivity index (χ3n) is 3.43. The van der Waals surface area contributed by atoms with E-state index in [1.165, 1.54) is 0 Å². The molecule has 1 aliphatic rings. The Hall–Kier alpha value is -1.01. The van der Waals surface area contributed by atoms with Gasteiger partial charge in [-0.1, -0.05) is 18.5 Å². The summed E-state index contributed by atoms with van der Waals surface area (Å²) in [7, 11) is 0. The smallest absolute Gasteiger partial charge is 0.366 e. The van der Waals surface area contributed by atoms with Gasteiger partial charge in [0.2, 0.25) is 0 Å². The topological polar surface area (TPSA) is 28.2 Å². The number of nitrogens with one attached hydrogen (secondary N) is 1. The summed E-state index contributed by atoms with van der Waals surface area (Å²) in [5.41, 5.74) is -0.775. The minimum absolute atomic E-state index is 0.107. The molecular weight excluding hydrogens is 291 g/mol. The van der Waals surface area contributed by atoms with Crippen molar-refractivity contribution in [2.75, 3.05) is 25.0 Å². The number of alkyl halides is 3. The Morgan fingerprint density at radius 2 is 2.20 bits per heavy atom. The zero-order chi connectivity index (χ0) is 14.8. The van der Waals surface area contributed by atoms with Gasteiger partial charge in [-0.3, -0.25) is 0 Å². The van der Waals surface area contributed by atoms with Gasteiger partial charge in [0.15, 0.2) is 0 Å². The maximum absolute atomic E-state index is 12.7. The van der Waals surface area contributed by atoms with E-state index in [2.05, 4.69) is 22.1 Å². The molecule has 2 rings (SSSR count). The van der Waals surface area contributed by atoms with Crippen molar-refractivity contribution in [3.63, 3.8) is 0 Å². The van der Waals surface area contributed by atoms with Crippen LogP contribution in [-0.2, 0) is 6.18 Å². The normalized spacial score (nSPS) is 20.9. The predicted molar refractivity (Wildman–Crippen MR) is 73.0 cm³/mol. The first-order valence-electron chi connectivity index (χ1n) is 6.62. The van der Waals surface area contributed by atoms with E-state index in [1.807, 2.05) is 0 Å². The van der Waals surface area contributed by atoms with Gasteiger partial charge in [-0.05, 0) is 38.1 Å². The number of aromatic nitrogens is 1. The van der Waals surface area contributed by atoms with Crippen LogP contribution in [0, 0.1) is 0 Å². The quantitative estimate of drug-likeness (QED) is 0.864. The number of nitrogens with zero attached hydrogens (tertiary/aromatic N) is 2. The number of hydrogen-bond donors (Lipinski definition) is 1. The molecule has 1 fully saturated rings. The maximum Gasteiger partial charge on any atom is 0.416 e. The molecule has 0 aliphatic carbocycles. The fraction of sp³-hybridized carbons (Fsp3) is 0.615. The van der Waals surface area contributed by atoms with E-state index in [0.29, 0.717) is 0 Å². The van der Waals surface area contributed by atoms with Crippen molar-refractivity contribution in [2.24, 2.45) is 0 Å². The van der Waals surface area contributed by atoms with E-state index in [-0.39, 0.29) is 17.0 Å². The summed E-state index contributed by atoms with van der Waals surface area (Å²) in [5.74, 6) is 0.188. The molecule has 0 bridgehead atoms. The van der Waals surface area contributed by atoms with Gasteiger partial charge in [0.25, 0.3) is 0 Å². The zero-order valence-corrected chi connectivity index (χ0v) is 11.9. The molecule has 1 N–H and O–H groups in total. The molecule has 112 valence electrons. The van der Waals surface area contributed by atoms with Gasteiger partial charge in [-0.15, -0.1) is 0 Å². The highest BCUT2D eigenvalue weighted by atomic mass is 35.5. The first kappa shape index (κ1) is 15.4. The third-order valence-corrected chi connectivity index (χ3v) is 3.62. The molecule has 0 aromatic carbocycles. The van der Waals surface area contributed by atoms with Gasteiger partial charge in [0.1, 0.15) is 11.0 Å². The molecule has 0 spiro atoms. The Morgan fingerprint density at radius 1 is 1.45 bits per heavy atom. The molecular formula is C13H17ClF3N3. The number of rotatable bonds is 3. The van der Waals surface area contributed by atoms with Gasteiger partial charge >= 0.3 is 6.18 Å². The van der Waals surface area contributed by atoms with E-state index in [1.54, 1.807) is 0 Å². The number of anilines is 1. The van der Waals surface area contributed by atoms with Crippen LogP contribution in [0.3, 0.4) is 0 Å². The second-order valence-electron chi connectivity index (χ2n) is 4.94. The van der Waals surface area contributed by atoms with Crippen molar-refractivity contribution in [1.82, 2.24) is 9.88 Å². The minimum atomic E-state index is -4.41. The number of hydrogen-bond acceptors (Lipinski definition) is 3. The van der Waals surface area contributed by atoms with Crippen molar-refractivity contribution in [1.29, 1.82) is 0 Å². The number of likely N-dealkylation sites (N-methyl/N-ethyl adjacent to an activating group) is 1. The summed E-state index contributed by atoms with van der Waals surface area (Å²) in [6.07, 6.45) is -2.46. The van der Waals surface area contributed by atoms with Crippen LogP contribution in [0.4, 0.5) is 19.0 Å². The molecule has 0 radical (unpaired) electrons. The monoisotopic (exact) mass is 307 g/mol. The van der Waals surface area contributed by atoms with E-state index < -0.39 is 11.7 Å². The highest BCUT2D eigenvalue weighted by Crippen LogP contribution is 2.32. The van der Waals surface area contributed by atoms with Gasteiger partial charge < -0.3 is 10.2 Å². The minimum Gasteiger partial charge on any atom is -0.366 e. The molecule has 3 nitrogen and oxygen atoms in total. The van der Waals surface area contributed by atoms with Crippen LogP contribution in [0.1, 0.15) is 25.3 Å². The van der Waals surface area contributed by atoms with Crippen molar-refractivity contribution in [2.45, 2.75) is 32.0 Å². The van der Waals surface area contributed by atoms with Crippen LogP contribution >= 0.6 is 11.6 Å². The van der Waals surface area contributed by atoms with Crippen molar-refractivity contribution >= 4 is 17.4 Å². The molecule has 1 aromatic rings. The van der Waals surface area contributed by atoms with E-state index in [9.17, 15) is 13.2 Å². The average molecular weight is 308 g/mol. The molecule has 1 aromatic heterocycles. The fourth-order valence-corrected chi connectivity index (χ4v) is 2.61. The van der Waals surface area contributed by atoms with Crippen LogP contribution in [0.25, 0.3) is 0 Å². The SMILES string of the molecule is CCN1CCCC(Nc2cc(C(F)(F)F)cc(Cl)n2)C1. The van der Waals surface area contributed by atoms with Crippen LogP contribution < -0.4 is 5.32 Å². The summed E-state index contributed by atoms with van der Waals surface area (Å²) >= 11 is 5.67. The Bertz CT molecular complexity index is 465. The molecule has 1 saturated heterocycles. The Balaban J connectivity index is 2.11. The fourth-order valence-electron chi connectivity index (χ4n) is 2.40. The molecule has 2 heterocycles. The van der Waals surface area contributed by atoms with E-state index in [0.717, 1.165) is 44.6 Å². The van der Waals surface area contributed by atoms with Crippen LogP contribution in [-0.4, -0.2) is 35.6 Å². The summed E-state index contributed by atoms with van der Waals surface area (Å²) < 4.78 is 38.2. The standard InChI is InChI=1S/C13H17ClF3N3/c1-2-20-5-3-4-10(8-20)18-12-7-9(13(15,16)17)6-11(14)19-12/h6-7,10H,2-5,8H2,1H3,(H,18,19). The van der Waals surface area contributed by atoms with E-state index >= 15 is 0 Å². The lowest BCUT2D eigenvalue weighted by Crippen LogP contribution is -2.42. The predicted octanol–water partition coefficient (Wildman–Crippen LogP) is 3.65. The maximum atomic E-state index is 12.7. The summed E-state index contributed by atoms with van der Waals surface area (Å²) in [4.78, 5) is 6.19. The second kappa shape index (κ2) is 6.18. The van der Waals surface area contributed by atoms with Crippen molar-refractivity contribution in [3.8, 4) is 0 Å². The Morgan fingerprint density at radius 3 is 2.85 bits per heavy atom. The lowest BCUT2D eigenvalue weighted by molar-refractivity contribution is -0.137. The van der Waals surface area contributed by atoms with Gasteiger partial charge in [0, 0.05) is 12.6 Å². The molecule has 1 atom stereocenters. The number of halogens is 4. The van der Waals surface area contributed by atoms with Crippen LogP contribution in [0.2, 0.25) is 5.15 Å². The molecule has 0 amide bonds. The molecule has 20 heavy (non-hydrogen) atoms. The Labute approximate surface area is 121 Å². The van der Waals surface area contributed by atoms with Gasteiger partial charge in [0.05, 0.1) is 5.56 Å². The number of pyridine rings is 1. The number of likely N-dealkylation sites (tertiary alicyclic amines) is 1. The number of piperidine rings is 1. The first-order chi connectivity index (χ1) is 9.38. The average Bonchev–Trinajstić information content (AvgIpc) is 2.37. The van der Waals surface area contributed by atoms with Crippen LogP contribution in [0.15, 0.2) is 12.1 Å². The van der Waals surface area contributed by atoms with Gasteiger partial charge in [-0.2, -0.15) is 13.2 Å². The molecule has 7 heteroatoms. The highest BCUT2D eigenvalue weighted by Gasteiger charge is 2.32. The summed E-state index contributed by atoms with van der Waals surface area (Å²) in [5, 5.41) is 2.91. The first-order valence-corrected chi connectivity index (χ1v) is 7.00. The summed E-state index contributed by atoms with van der Waals surface area (Å²) in [6, 6.07) is 1.96. The third kappa shape index (κ3) is 3.99. The zero-order valence-electron chi connectivity index (χ0n) is 11.2. The molecule has 0 saturated carbocycles. The second-order valence-corrected chi connectivity index (χ2v) is 5.33. The lowest BCUT2D eigenvalue weighted by Gasteiger charge is -2.32. The van der Waals surface area contributed by atoms with Crippen molar-refractivity contribution in [3.05, 3.63) is 22.8 Å². The summed E-state index contributed by atoms with van der Waals surface area (Å²) in [6.45, 7) is 4.86. The molecule has 1 unspecified atom stereocenters. The van der Waals surface area contributed by atoms with E-state index in [4.69, 9.17) is 11.6 Å². The largest absolute Gasteiger partial charge is 0.416 e. The molecule has 1 aliphatic heterocycles. The lowest BCUT2D eigenvalue weighted by atomic mass is 10.1. The van der Waals surface area contributed by atoms with Crippen LogP contribution in [0.5, 0.6) is 0 Å².